The minimum atomic E-state index is -3.46. The summed E-state index contributed by atoms with van der Waals surface area (Å²) in [6.45, 7) is 16.1. The molecule has 0 aliphatic carbocycles. The van der Waals surface area contributed by atoms with E-state index in [4.69, 9.17) is 33.4 Å². The van der Waals surface area contributed by atoms with E-state index in [0.717, 1.165) is 34.5 Å². The normalized spacial score (nSPS) is 18.7. The standard InChI is InChI=1S/C39H60N4O11S/c1-29-24-41(32(27-48-7)25-42(29)37(45)54-38(2,3)4)26-35(44)43-28-39(5,6)36-33(43)22-30(23-40-36)21-31-11-9-10-12-34(31)52-19-17-50-15-13-49-14-16-51-18-20-53-55(8,46)47/h9-12,22-23,29,32H,13-21,24-28H2,1-8H3/t29-,32-/m0/s1. The molecule has 15 nitrogen and oxygen atoms in total. The fraction of sp³-hybridized carbons (Fsp3) is 0.667. The largest absolute Gasteiger partial charge is 0.491 e. The third-order valence-electron chi connectivity index (χ3n) is 9.11. The summed E-state index contributed by atoms with van der Waals surface area (Å²) in [4.78, 5) is 37.7. The predicted octanol–water partition coefficient (Wildman–Crippen LogP) is 3.66. The number of aromatic nitrogens is 1. The number of hydrogen-bond donors (Lipinski definition) is 0. The number of pyridine rings is 1. The number of nitrogens with zero attached hydrogens (tertiary/aromatic N) is 4. The van der Waals surface area contributed by atoms with E-state index < -0.39 is 15.7 Å². The van der Waals surface area contributed by atoms with Crippen LogP contribution in [0, 0.1) is 0 Å². The lowest BCUT2D eigenvalue weighted by Crippen LogP contribution is -2.62. The summed E-state index contributed by atoms with van der Waals surface area (Å²) in [6, 6.07) is 9.61. The number of amides is 2. The highest BCUT2D eigenvalue weighted by molar-refractivity contribution is 7.85. The van der Waals surface area contributed by atoms with E-state index in [2.05, 4.69) is 29.0 Å². The van der Waals surface area contributed by atoms with E-state index in [1.807, 2.05) is 63.1 Å². The third kappa shape index (κ3) is 13.9. The summed E-state index contributed by atoms with van der Waals surface area (Å²) in [5, 5.41) is 0. The Balaban J connectivity index is 1.29. The molecule has 0 radical (unpaired) electrons. The molecule has 0 N–H and O–H groups in total. The summed E-state index contributed by atoms with van der Waals surface area (Å²) in [6.07, 6.45) is 3.08. The van der Waals surface area contributed by atoms with Crippen molar-refractivity contribution in [1.29, 1.82) is 0 Å². The third-order valence-corrected chi connectivity index (χ3v) is 9.71. The Morgan fingerprint density at radius 1 is 0.945 bits per heavy atom. The molecular weight excluding hydrogens is 733 g/mol. The zero-order valence-electron chi connectivity index (χ0n) is 33.7. The number of para-hydroxylation sites is 1. The minimum absolute atomic E-state index is 0.0238. The van der Waals surface area contributed by atoms with Crippen molar-refractivity contribution in [2.45, 2.75) is 71.1 Å². The van der Waals surface area contributed by atoms with Gasteiger partial charge in [-0.1, -0.05) is 32.0 Å². The number of carbonyl (C=O) groups excluding carboxylic acids is 2. The van der Waals surface area contributed by atoms with Crippen LogP contribution in [0.1, 0.15) is 58.4 Å². The van der Waals surface area contributed by atoms with Crippen LogP contribution in [0.15, 0.2) is 36.5 Å². The van der Waals surface area contributed by atoms with E-state index in [1.54, 1.807) is 12.0 Å². The number of anilines is 1. The lowest BCUT2D eigenvalue weighted by atomic mass is 9.91. The molecule has 0 saturated carbocycles. The second-order valence-corrected chi connectivity index (χ2v) is 17.2. The van der Waals surface area contributed by atoms with Crippen molar-refractivity contribution in [3.63, 3.8) is 0 Å². The smallest absolute Gasteiger partial charge is 0.410 e. The van der Waals surface area contributed by atoms with Crippen LogP contribution in [0.5, 0.6) is 5.75 Å². The van der Waals surface area contributed by atoms with Crippen molar-refractivity contribution in [3.8, 4) is 5.75 Å². The van der Waals surface area contributed by atoms with Gasteiger partial charge >= 0.3 is 6.09 Å². The Bertz CT molecular complexity index is 1670. The van der Waals surface area contributed by atoms with Crippen LogP contribution in [0.3, 0.4) is 0 Å². The number of ether oxygens (including phenoxy) is 6. The fourth-order valence-corrected chi connectivity index (χ4v) is 6.96. The molecule has 0 unspecified atom stereocenters. The Hall–Kier alpha value is -3.38. The van der Waals surface area contributed by atoms with Crippen LogP contribution in [0.2, 0.25) is 0 Å². The first-order valence-electron chi connectivity index (χ1n) is 18.8. The Morgan fingerprint density at radius 2 is 1.58 bits per heavy atom. The second kappa shape index (κ2) is 20.2. The SMILES string of the molecule is COC[C@@H]1CN(C(=O)OC(C)(C)C)[C@@H](C)CN1CC(=O)N1CC(C)(C)c2ncc(Cc3ccccc3OCCOCCOCCOCCOS(C)(=O)=O)cc21. The van der Waals surface area contributed by atoms with Crippen LogP contribution in [-0.2, 0) is 54.6 Å². The van der Waals surface area contributed by atoms with Crippen LogP contribution >= 0.6 is 0 Å². The molecule has 1 aromatic carbocycles. The van der Waals surface area contributed by atoms with Gasteiger partial charge in [0.1, 0.15) is 18.0 Å². The molecule has 0 bridgehead atoms. The van der Waals surface area contributed by atoms with Crippen LogP contribution in [0.25, 0.3) is 0 Å². The highest BCUT2D eigenvalue weighted by atomic mass is 32.2. The molecule has 2 aromatic rings. The molecule has 16 heteroatoms. The maximum Gasteiger partial charge on any atom is 0.410 e. The quantitative estimate of drug-likeness (QED) is 0.142. The summed E-state index contributed by atoms with van der Waals surface area (Å²) in [5.41, 5.74) is 2.73. The van der Waals surface area contributed by atoms with E-state index >= 15 is 0 Å². The maximum atomic E-state index is 14.1. The summed E-state index contributed by atoms with van der Waals surface area (Å²) in [5.74, 6) is 0.723. The summed E-state index contributed by atoms with van der Waals surface area (Å²) in [7, 11) is -1.83. The van der Waals surface area contributed by atoms with Gasteiger partial charge in [-0.05, 0) is 51.0 Å². The molecule has 1 fully saturated rings. The Kier molecular flexibility index (Phi) is 16.3. The number of piperazine rings is 1. The Morgan fingerprint density at radius 3 is 2.22 bits per heavy atom. The number of hydrogen-bond acceptors (Lipinski definition) is 13. The van der Waals surface area contributed by atoms with Crippen LogP contribution in [-0.4, -0.2) is 152 Å². The minimum Gasteiger partial charge on any atom is -0.491 e. The van der Waals surface area contributed by atoms with Gasteiger partial charge in [0.15, 0.2) is 0 Å². The van der Waals surface area contributed by atoms with Gasteiger partial charge in [0.05, 0.1) is 83.1 Å². The molecule has 1 saturated heterocycles. The predicted molar refractivity (Wildman–Crippen MR) is 207 cm³/mol. The van der Waals surface area contributed by atoms with Gasteiger partial charge in [-0.3, -0.25) is 18.9 Å². The van der Waals surface area contributed by atoms with Gasteiger partial charge < -0.3 is 38.2 Å². The zero-order valence-corrected chi connectivity index (χ0v) is 34.5. The molecule has 0 spiro atoms. The molecule has 3 heterocycles. The average Bonchev–Trinajstić information content (AvgIpc) is 3.37. The Labute approximate surface area is 326 Å². The van der Waals surface area contributed by atoms with Gasteiger partial charge in [-0.25, -0.2) is 4.79 Å². The molecule has 1 aromatic heterocycles. The van der Waals surface area contributed by atoms with Crippen LogP contribution < -0.4 is 9.64 Å². The van der Waals surface area contributed by atoms with E-state index in [9.17, 15) is 18.0 Å². The number of rotatable bonds is 20. The van der Waals surface area contributed by atoms with Gasteiger partial charge in [-0.15, -0.1) is 0 Å². The van der Waals surface area contributed by atoms with Gasteiger partial charge in [0.2, 0.25) is 5.91 Å². The number of fused-ring (bicyclic) bond motifs is 1. The summed E-state index contributed by atoms with van der Waals surface area (Å²) < 4.78 is 60.2. The lowest BCUT2D eigenvalue weighted by molar-refractivity contribution is -0.121. The zero-order chi connectivity index (χ0) is 40.2. The number of methoxy groups -OCH3 is 1. The van der Waals surface area contributed by atoms with Crippen molar-refractivity contribution < 1.29 is 50.6 Å². The average molecular weight is 793 g/mol. The first-order chi connectivity index (χ1) is 26.0. The van der Waals surface area contributed by atoms with Crippen molar-refractivity contribution in [3.05, 3.63) is 53.3 Å². The molecule has 308 valence electrons. The first-order valence-corrected chi connectivity index (χ1v) is 20.6. The van der Waals surface area contributed by atoms with Crippen molar-refractivity contribution >= 4 is 27.8 Å². The van der Waals surface area contributed by atoms with Crippen molar-refractivity contribution in [2.75, 3.05) is 104 Å². The second-order valence-electron chi connectivity index (χ2n) is 15.6. The number of benzene rings is 1. The topological polar surface area (TPSA) is 156 Å². The molecular formula is C39H60N4O11S. The molecule has 2 atom stereocenters. The van der Waals surface area contributed by atoms with Crippen molar-refractivity contribution in [1.82, 2.24) is 14.8 Å². The highest BCUT2D eigenvalue weighted by Gasteiger charge is 2.42. The van der Waals surface area contributed by atoms with Crippen molar-refractivity contribution in [2.24, 2.45) is 0 Å². The van der Waals surface area contributed by atoms with Gasteiger partial charge in [0, 0.05) is 50.8 Å². The first kappa shape index (κ1) is 44.3. The molecule has 2 amide bonds. The van der Waals surface area contributed by atoms with Gasteiger partial charge in [0.25, 0.3) is 10.1 Å². The van der Waals surface area contributed by atoms with E-state index in [-0.39, 0.29) is 49.3 Å². The van der Waals surface area contributed by atoms with E-state index in [1.165, 1.54) is 0 Å². The van der Waals surface area contributed by atoms with Crippen LogP contribution in [0.4, 0.5) is 10.5 Å². The van der Waals surface area contributed by atoms with Gasteiger partial charge in [-0.2, -0.15) is 8.42 Å². The fourth-order valence-electron chi connectivity index (χ4n) is 6.59. The molecule has 4 rings (SSSR count). The highest BCUT2D eigenvalue weighted by Crippen LogP contribution is 2.40. The molecule has 55 heavy (non-hydrogen) atoms. The maximum absolute atomic E-state index is 14.1. The van der Waals surface area contributed by atoms with E-state index in [0.29, 0.717) is 72.3 Å². The molecule has 2 aliphatic rings. The lowest BCUT2D eigenvalue weighted by Gasteiger charge is -2.45. The number of carbonyl (C=O) groups is 2. The summed E-state index contributed by atoms with van der Waals surface area (Å²) >= 11 is 0. The molecule has 2 aliphatic heterocycles. The monoisotopic (exact) mass is 792 g/mol.